The summed E-state index contributed by atoms with van der Waals surface area (Å²) in [6.07, 6.45) is 16.6. The Morgan fingerprint density at radius 3 is 2.18 bits per heavy atom. The molecule has 0 aromatic carbocycles. The second-order valence-electron chi connectivity index (χ2n) is 7.03. The summed E-state index contributed by atoms with van der Waals surface area (Å²) in [4.78, 5) is 18.7. The highest BCUT2D eigenvalue weighted by atomic mass is 16.1. The number of rotatable bonds is 6. The average molecular weight is 383 g/mol. The molecule has 28 heavy (non-hydrogen) atoms. The predicted octanol–water partition coefficient (Wildman–Crippen LogP) is 6.70. The smallest absolute Gasteiger partial charge is 0.138 e. The van der Waals surface area contributed by atoms with E-state index in [0.29, 0.717) is 0 Å². The molecule has 1 heterocycles. The molecule has 0 N–H and O–H groups in total. The van der Waals surface area contributed by atoms with E-state index in [4.69, 9.17) is 0 Å². The number of nitrogens with zero attached hydrogens (tertiary/aromatic N) is 2. The molecular weight excluding hydrogens is 344 g/mol. The lowest BCUT2D eigenvalue weighted by Gasteiger charge is -2.11. The second kappa shape index (κ2) is 14.7. The Kier molecular flexibility index (Phi) is 13.5. The van der Waals surface area contributed by atoms with Gasteiger partial charge in [-0.25, -0.2) is 0 Å². The number of hydrogen-bond donors (Lipinski definition) is 0. The molecule has 0 bridgehead atoms. The zero-order valence-corrected chi connectivity index (χ0v) is 18.7. The number of carbonyl (C=O) groups is 1. The lowest BCUT2D eigenvalue weighted by molar-refractivity contribution is -0.118. The van der Waals surface area contributed by atoms with Crippen LogP contribution in [0.5, 0.6) is 0 Å². The van der Waals surface area contributed by atoms with Crippen LogP contribution >= 0.6 is 0 Å². The van der Waals surface area contributed by atoms with Crippen molar-refractivity contribution in [1.29, 1.82) is 0 Å². The Hall–Kier alpha value is -2.29. The van der Waals surface area contributed by atoms with Crippen molar-refractivity contribution >= 4 is 18.2 Å². The van der Waals surface area contributed by atoms with Crippen molar-refractivity contribution in [1.82, 2.24) is 0 Å². The van der Waals surface area contributed by atoms with Crippen molar-refractivity contribution < 1.29 is 4.79 Å². The third-order valence-electron chi connectivity index (χ3n) is 4.52. The molecule has 1 fully saturated rings. The van der Waals surface area contributed by atoms with Gasteiger partial charge in [0.05, 0.1) is 11.6 Å². The molecule has 1 aliphatic heterocycles. The van der Waals surface area contributed by atoms with E-state index in [2.05, 4.69) is 55.2 Å². The maximum absolute atomic E-state index is 10.9. The van der Waals surface area contributed by atoms with Crippen LogP contribution in [-0.2, 0) is 4.79 Å². The highest BCUT2D eigenvalue weighted by Crippen LogP contribution is 2.37. The van der Waals surface area contributed by atoms with Crippen LogP contribution in [-0.4, -0.2) is 25.3 Å². The fourth-order valence-corrected chi connectivity index (χ4v) is 2.29. The maximum Gasteiger partial charge on any atom is 0.138 e. The fourth-order valence-electron chi connectivity index (χ4n) is 2.29. The molecule has 3 nitrogen and oxygen atoms in total. The summed E-state index contributed by atoms with van der Waals surface area (Å²) in [6.45, 7) is 17.4. The van der Waals surface area contributed by atoms with E-state index < -0.39 is 0 Å². The number of hydrogen-bond acceptors (Lipinski definition) is 3. The van der Waals surface area contributed by atoms with Gasteiger partial charge in [0.1, 0.15) is 5.78 Å². The SMILES string of the molecule is C=C(/C=C\C(=C/C)C1CC1)CC.C=C(C)C1=CCC(C(C)=O)C=N1.CC=NC. The highest BCUT2D eigenvalue weighted by molar-refractivity contribution is 5.94. The summed E-state index contributed by atoms with van der Waals surface area (Å²) in [5, 5.41) is 0. The van der Waals surface area contributed by atoms with E-state index in [1.54, 1.807) is 26.4 Å². The first-order valence-corrected chi connectivity index (χ1v) is 10.1. The van der Waals surface area contributed by atoms with Gasteiger partial charge in [-0.05, 0) is 76.7 Å². The minimum absolute atomic E-state index is 0.0203. The molecule has 0 spiro atoms. The molecule has 1 atom stereocenters. The van der Waals surface area contributed by atoms with Gasteiger partial charge in [0.2, 0.25) is 0 Å². The minimum Gasteiger partial charge on any atom is -0.301 e. The number of allylic oxidation sites excluding steroid dienone is 7. The predicted molar refractivity (Wildman–Crippen MR) is 125 cm³/mol. The zero-order chi connectivity index (χ0) is 21.5. The maximum atomic E-state index is 10.9. The normalized spacial score (nSPS) is 18.7. The Bertz CT molecular complexity index is 667. The quantitative estimate of drug-likeness (QED) is 0.372. The molecule has 2 aliphatic rings. The molecule has 0 aromatic heterocycles. The van der Waals surface area contributed by atoms with Crippen LogP contribution in [0.1, 0.15) is 60.3 Å². The Morgan fingerprint density at radius 1 is 1.25 bits per heavy atom. The molecule has 154 valence electrons. The average Bonchev–Trinajstić information content (AvgIpc) is 3.54. The molecule has 1 aliphatic carbocycles. The van der Waals surface area contributed by atoms with Crippen LogP contribution in [0.3, 0.4) is 0 Å². The van der Waals surface area contributed by atoms with E-state index in [9.17, 15) is 4.79 Å². The number of Topliss-reactive ketones (excluding diaryl/α,β-unsaturated/α-hetero) is 1. The van der Waals surface area contributed by atoms with Crippen LogP contribution < -0.4 is 0 Å². The van der Waals surface area contributed by atoms with Gasteiger partial charge in [-0.1, -0.05) is 50.0 Å². The van der Waals surface area contributed by atoms with E-state index >= 15 is 0 Å². The van der Waals surface area contributed by atoms with Crippen LogP contribution in [0.25, 0.3) is 0 Å². The largest absolute Gasteiger partial charge is 0.301 e. The topological polar surface area (TPSA) is 41.8 Å². The number of aliphatic imine (C=N–C) groups is 2. The van der Waals surface area contributed by atoms with Crippen molar-refractivity contribution in [3.05, 3.63) is 59.9 Å². The van der Waals surface area contributed by atoms with Gasteiger partial charge < -0.3 is 4.99 Å². The van der Waals surface area contributed by atoms with Crippen molar-refractivity contribution in [2.45, 2.75) is 60.3 Å². The molecule has 3 heteroatoms. The summed E-state index contributed by atoms with van der Waals surface area (Å²) in [5.41, 5.74) is 4.57. The fraction of sp³-hybridized carbons (Fsp3) is 0.480. The lowest BCUT2D eigenvalue weighted by atomic mass is 9.99. The zero-order valence-electron chi connectivity index (χ0n) is 18.7. The summed E-state index contributed by atoms with van der Waals surface area (Å²) in [7, 11) is 1.75. The van der Waals surface area contributed by atoms with E-state index in [-0.39, 0.29) is 11.7 Å². The highest BCUT2D eigenvalue weighted by Gasteiger charge is 2.23. The molecule has 0 saturated heterocycles. The van der Waals surface area contributed by atoms with Gasteiger partial charge in [0.25, 0.3) is 0 Å². The van der Waals surface area contributed by atoms with Crippen LogP contribution in [0.15, 0.2) is 69.9 Å². The van der Waals surface area contributed by atoms with Crippen LogP contribution in [0, 0.1) is 11.8 Å². The van der Waals surface area contributed by atoms with Gasteiger partial charge in [-0.3, -0.25) is 9.79 Å². The summed E-state index contributed by atoms with van der Waals surface area (Å²) in [5.74, 6) is 1.01. The molecule has 2 rings (SSSR count). The molecule has 0 amide bonds. The van der Waals surface area contributed by atoms with Crippen molar-refractivity contribution in [3.8, 4) is 0 Å². The third kappa shape index (κ3) is 11.4. The molecule has 0 radical (unpaired) electrons. The number of carbonyl (C=O) groups excluding carboxylic acids is 1. The first-order chi connectivity index (χ1) is 13.3. The summed E-state index contributed by atoms with van der Waals surface area (Å²) >= 11 is 0. The van der Waals surface area contributed by atoms with Gasteiger partial charge in [-0.2, -0.15) is 0 Å². The van der Waals surface area contributed by atoms with Crippen LogP contribution in [0.2, 0.25) is 0 Å². The standard InChI is InChI=1S/C12H18.C10H13NO.C3H7N/c1-4-10(3)6-7-11(5-2)12-8-9-12;1-7(2)10-5-4-9(6-11-10)8(3)12;1-3-4-2/h5-7,12H,3-4,8-9H2,1-2H3;5-6,9H,1,4H2,2-3H3;3H,1-2H3/b7-6-,11-5+;;. The second-order valence-corrected chi connectivity index (χ2v) is 7.03. The number of ketones is 1. The first-order valence-electron chi connectivity index (χ1n) is 10.1. The van der Waals surface area contributed by atoms with Crippen LogP contribution in [0.4, 0.5) is 0 Å². The van der Waals surface area contributed by atoms with E-state index in [1.807, 2.05) is 19.9 Å². The summed E-state index contributed by atoms with van der Waals surface area (Å²) in [6, 6.07) is 0. The molecular formula is C25H38N2O. The van der Waals surface area contributed by atoms with Crippen molar-refractivity contribution in [3.63, 3.8) is 0 Å². The molecule has 0 aromatic rings. The van der Waals surface area contributed by atoms with Crippen molar-refractivity contribution in [2.24, 2.45) is 21.8 Å². The Balaban J connectivity index is 0.000000439. The van der Waals surface area contributed by atoms with E-state index in [0.717, 1.165) is 30.0 Å². The monoisotopic (exact) mass is 382 g/mol. The van der Waals surface area contributed by atoms with Gasteiger partial charge in [0.15, 0.2) is 0 Å². The molecule has 1 unspecified atom stereocenters. The lowest BCUT2D eigenvalue weighted by Crippen LogP contribution is -2.14. The third-order valence-corrected chi connectivity index (χ3v) is 4.52. The van der Waals surface area contributed by atoms with Crippen molar-refractivity contribution in [2.75, 3.05) is 7.05 Å². The van der Waals surface area contributed by atoms with Gasteiger partial charge in [-0.15, -0.1) is 0 Å². The van der Waals surface area contributed by atoms with E-state index in [1.165, 1.54) is 24.0 Å². The summed E-state index contributed by atoms with van der Waals surface area (Å²) < 4.78 is 0. The Labute approximate surface area is 172 Å². The first kappa shape index (κ1) is 25.7. The Morgan fingerprint density at radius 2 is 1.86 bits per heavy atom. The minimum atomic E-state index is -0.0203. The van der Waals surface area contributed by atoms with Gasteiger partial charge in [0, 0.05) is 13.3 Å². The van der Waals surface area contributed by atoms with Gasteiger partial charge >= 0.3 is 0 Å². The molecule has 1 saturated carbocycles.